The van der Waals surface area contributed by atoms with Crippen molar-refractivity contribution in [3.8, 4) is 0 Å². The molecule has 0 bridgehead atoms. The van der Waals surface area contributed by atoms with E-state index in [0.717, 1.165) is 63.5 Å². The Morgan fingerprint density at radius 3 is 1.43 bits per heavy atom. The molecule has 0 aromatic heterocycles. The molecule has 0 rings (SSSR count). The van der Waals surface area contributed by atoms with E-state index in [0.29, 0.717) is 26.4 Å². The van der Waals surface area contributed by atoms with Crippen LogP contribution in [-0.2, 0) is 28.5 Å². The van der Waals surface area contributed by atoms with Crippen LogP contribution in [0, 0.1) is 11.8 Å². The number of ether oxygens (including phenoxy) is 4. The summed E-state index contributed by atoms with van der Waals surface area (Å²) in [7, 11) is 3.33. The average Bonchev–Trinajstić information content (AvgIpc) is 2.71. The van der Waals surface area contributed by atoms with Gasteiger partial charge < -0.3 is 18.9 Å². The van der Waals surface area contributed by atoms with Gasteiger partial charge in [0.05, 0.1) is 13.2 Å². The quantitative estimate of drug-likeness (QED) is 0.252. The number of hydrogen-bond acceptors (Lipinski definition) is 6. The fraction of sp³-hybridized carbons (Fsp3) is 0.818. The fourth-order valence-electron chi connectivity index (χ4n) is 2.81. The molecule has 0 aromatic carbocycles. The van der Waals surface area contributed by atoms with Crippen LogP contribution in [0.5, 0.6) is 0 Å². The van der Waals surface area contributed by atoms with Gasteiger partial charge in [-0.05, 0) is 37.5 Å². The van der Waals surface area contributed by atoms with E-state index in [4.69, 9.17) is 18.9 Å². The molecule has 0 heterocycles. The third-order valence-corrected chi connectivity index (χ3v) is 4.67. The largest absolute Gasteiger partial charge is 0.462 e. The van der Waals surface area contributed by atoms with Gasteiger partial charge in [-0.15, -0.1) is 0 Å². The zero-order valence-electron chi connectivity index (χ0n) is 18.2. The summed E-state index contributed by atoms with van der Waals surface area (Å²) in [5.74, 6) is -0.468. The highest BCUT2D eigenvalue weighted by Crippen LogP contribution is 2.15. The number of methoxy groups -OCH3 is 2. The van der Waals surface area contributed by atoms with Crippen molar-refractivity contribution in [3.63, 3.8) is 0 Å². The lowest BCUT2D eigenvalue weighted by Crippen LogP contribution is -2.16. The lowest BCUT2D eigenvalue weighted by atomic mass is 10.00. The van der Waals surface area contributed by atoms with Gasteiger partial charge in [0.1, 0.15) is 0 Å². The van der Waals surface area contributed by atoms with Gasteiger partial charge in [-0.2, -0.15) is 0 Å². The molecule has 0 amide bonds. The Bertz CT molecular complexity index is 367. The summed E-state index contributed by atoms with van der Waals surface area (Å²) in [5, 5.41) is 0. The minimum absolute atomic E-state index is 0.282. The zero-order chi connectivity index (χ0) is 21.0. The van der Waals surface area contributed by atoms with Crippen LogP contribution < -0.4 is 0 Å². The van der Waals surface area contributed by atoms with Gasteiger partial charge in [0, 0.05) is 39.6 Å². The maximum atomic E-state index is 11.9. The number of hydrogen-bond donors (Lipinski definition) is 0. The monoisotopic (exact) mass is 400 g/mol. The molecule has 0 saturated carbocycles. The summed E-state index contributed by atoms with van der Waals surface area (Å²) in [6, 6.07) is 0. The molecule has 2 unspecified atom stereocenters. The molecule has 2 atom stereocenters. The Balaban J connectivity index is 4.25. The van der Waals surface area contributed by atoms with Crippen LogP contribution in [0.25, 0.3) is 0 Å². The van der Waals surface area contributed by atoms with Gasteiger partial charge in [0.2, 0.25) is 0 Å². The molecule has 0 radical (unpaired) electrons. The first kappa shape index (κ1) is 26.6. The molecule has 0 aliphatic rings. The van der Waals surface area contributed by atoms with E-state index in [9.17, 15) is 9.59 Å². The lowest BCUT2D eigenvalue weighted by molar-refractivity contribution is -0.142. The Morgan fingerprint density at radius 1 is 0.714 bits per heavy atom. The van der Waals surface area contributed by atoms with E-state index in [1.54, 1.807) is 14.2 Å². The Kier molecular flexibility index (Phi) is 18.0. The molecule has 28 heavy (non-hydrogen) atoms. The van der Waals surface area contributed by atoms with E-state index < -0.39 is 11.9 Å². The zero-order valence-corrected chi connectivity index (χ0v) is 18.2. The predicted octanol–water partition coefficient (Wildman–Crippen LogP) is 4.31. The minimum atomic E-state index is -0.516. The minimum Gasteiger partial charge on any atom is -0.462 e. The van der Waals surface area contributed by atoms with Crippen LogP contribution in [0.1, 0.15) is 65.2 Å². The standard InChI is InChI=1S/C22H40O6/c1-5-7-9-19(13-15-25-3)17-27-21(23)11-12-22(24)28-18-20(10-8-6-2)14-16-26-4/h11-12,19-20H,5-10,13-18H2,1-4H3/b12-11+. The third kappa shape index (κ3) is 15.6. The molecule has 0 aromatic rings. The van der Waals surface area contributed by atoms with Gasteiger partial charge >= 0.3 is 11.9 Å². The molecule has 0 fully saturated rings. The normalized spacial score (nSPS) is 13.4. The van der Waals surface area contributed by atoms with Gasteiger partial charge in [-0.1, -0.05) is 39.5 Å². The number of unbranched alkanes of at least 4 members (excludes halogenated alkanes) is 2. The molecule has 6 heteroatoms. The van der Waals surface area contributed by atoms with Crippen LogP contribution >= 0.6 is 0 Å². The third-order valence-electron chi connectivity index (χ3n) is 4.67. The summed E-state index contributed by atoms with van der Waals surface area (Å²) < 4.78 is 20.8. The number of carbonyl (C=O) groups excluding carboxylic acids is 2. The van der Waals surface area contributed by atoms with Crippen LogP contribution in [0.4, 0.5) is 0 Å². The number of carbonyl (C=O) groups is 2. The van der Waals surface area contributed by atoms with E-state index in [1.165, 1.54) is 0 Å². The Hall–Kier alpha value is -1.40. The highest BCUT2D eigenvalue weighted by Gasteiger charge is 2.12. The topological polar surface area (TPSA) is 71.1 Å². The van der Waals surface area contributed by atoms with Crippen molar-refractivity contribution in [2.24, 2.45) is 11.8 Å². The van der Waals surface area contributed by atoms with Crippen molar-refractivity contribution < 1.29 is 28.5 Å². The summed E-state index contributed by atoms with van der Waals surface area (Å²) in [5.41, 5.74) is 0. The highest BCUT2D eigenvalue weighted by molar-refractivity contribution is 5.91. The van der Waals surface area contributed by atoms with Crippen molar-refractivity contribution in [1.82, 2.24) is 0 Å². The second-order valence-electron chi connectivity index (χ2n) is 7.17. The Labute approximate surface area is 170 Å². The average molecular weight is 401 g/mol. The summed E-state index contributed by atoms with van der Waals surface area (Å²) in [6.45, 7) is 6.26. The highest BCUT2D eigenvalue weighted by atomic mass is 16.5. The van der Waals surface area contributed by atoms with E-state index >= 15 is 0 Å². The smallest absolute Gasteiger partial charge is 0.331 e. The molecule has 0 spiro atoms. The van der Waals surface area contributed by atoms with Crippen molar-refractivity contribution in [1.29, 1.82) is 0 Å². The second kappa shape index (κ2) is 18.9. The van der Waals surface area contributed by atoms with Crippen LogP contribution in [-0.4, -0.2) is 52.6 Å². The number of esters is 2. The van der Waals surface area contributed by atoms with Crippen LogP contribution in [0.2, 0.25) is 0 Å². The van der Waals surface area contributed by atoms with Crippen molar-refractivity contribution >= 4 is 11.9 Å². The lowest BCUT2D eigenvalue weighted by Gasteiger charge is -2.16. The predicted molar refractivity (Wildman–Crippen MR) is 110 cm³/mol. The first-order valence-electron chi connectivity index (χ1n) is 10.6. The van der Waals surface area contributed by atoms with E-state index in [2.05, 4.69) is 13.8 Å². The van der Waals surface area contributed by atoms with Gasteiger partial charge in [-0.3, -0.25) is 0 Å². The SMILES string of the molecule is CCCCC(CCOC)COC(=O)/C=C/C(=O)OCC(CCCC)CCOC. The molecule has 6 nitrogen and oxygen atoms in total. The molecule has 164 valence electrons. The van der Waals surface area contributed by atoms with Crippen molar-refractivity contribution in [2.75, 3.05) is 40.6 Å². The second-order valence-corrected chi connectivity index (χ2v) is 7.17. The van der Waals surface area contributed by atoms with Gasteiger partial charge in [-0.25, -0.2) is 9.59 Å². The number of rotatable bonds is 18. The molecular formula is C22H40O6. The molecule has 0 aliphatic carbocycles. The van der Waals surface area contributed by atoms with E-state index in [-0.39, 0.29) is 11.8 Å². The van der Waals surface area contributed by atoms with Crippen molar-refractivity contribution in [2.45, 2.75) is 65.2 Å². The maximum Gasteiger partial charge on any atom is 0.331 e. The summed E-state index contributed by atoms with van der Waals surface area (Å²) >= 11 is 0. The molecule has 0 N–H and O–H groups in total. The first-order valence-corrected chi connectivity index (χ1v) is 10.6. The van der Waals surface area contributed by atoms with Crippen molar-refractivity contribution in [3.05, 3.63) is 12.2 Å². The molecule has 0 aliphatic heterocycles. The molecule has 0 saturated heterocycles. The van der Waals surface area contributed by atoms with Crippen LogP contribution in [0.3, 0.4) is 0 Å². The summed E-state index contributed by atoms with van der Waals surface area (Å²) in [4.78, 5) is 23.7. The Morgan fingerprint density at radius 2 is 1.11 bits per heavy atom. The fourth-order valence-corrected chi connectivity index (χ4v) is 2.81. The van der Waals surface area contributed by atoms with Gasteiger partial charge in [0.25, 0.3) is 0 Å². The van der Waals surface area contributed by atoms with Gasteiger partial charge in [0.15, 0.2) is 0 Å². The molecular weight excluding hydrogens is 360 g/mol. The first-order chi connectivity index (χ1) is 13.6. The van der Waals surface area contributed by atoms with E-state index in [1.807, 2.05) is 0 Å². The maximum absolute atomic E-state index is 11.9. The summed E-state index contributed by atoms with van der Waals surface area (Å²) in [6.07, 6.45) is 10.4. The van der Waals surface area contributed by atoms with Crippen LogP contribution in [0.15, 0.2) is 12.2 Å².